The van der Waals surface area contributed by atoms with Crippen molar-refractivity contribution in [3.8, 4) is 0 Å². The van der Waals surface area contributed by atoms with E-state index in [4.69, 9.17) is 9.47 Å². The summed E-state index contributed by atoms with van der Waals surface area (Å²) in [5, 5.41) is 9.65. The first-order chi connectivity index (χ1) is 35.6. The maximum absolute atomic E-state index is 12.3. The molecular weight excluding hydrogens is 885 g/mol. The summed E-state index contributed by atoms with van der Waals surface area (Å²) in [4.78, 5) is 24.5. The number of carbonyl (C=O) groups excluding carboxylic acids is 2. The lowest BCUT2D eigenvalue weighted by molar-refractivity contribution is -0.161. The van der Waals surface area contributed by atoms with Crippen molar-refractivity contribution in [3.05, 3.63) is 146 Å². The van der Waals surface area contributed by atoms with Crippen LogP contribution in [0.3, 0.4) is 0 Å². The Kier molecular flexibility index (Phi) is 57.5. The van der Waals surface area contributed by atoms with Crippen LogP contribution in [0.4, 0.5) is 0 Å². The lowest BCUT2D eigenvalue weighted by Gasteiger charge is -2.15. The number of ether oxygens (including phenoxy) is 2. The van der Waals surface area contributed by atoms with Crippen molar-refractivity contribution in [1.29, 1.82) is 0 Å². The maximum Gasteiger partial charge on any atom is 0.306 e. The molecule has 1 atom stereocenters. The Balaban J connectivity index is 3.55. The number of carbonyl (C=O) groups is 2. The molecule has 0 bridgehead atoms. The van der Waals surface area contributed by atoms with Crippen molar-refractivity contribution in [1.82, 2.24) is 0 Å². The first-order valence-corrected chi connectivity index (χ1v) is 29.4. The van der Waals surface area contributed by atoms with Gasteiger partial charge in [-0.15, -0.1) is 0 Å². The van der Waals surface area contributed by atoms with Crippen molar-refractivity contribution >= 4 is 11.9 Å². The van der Waals surface area contributed by atoms with Gasteiger partial charge in [-0.25, -0.2) is 0 Å². The third-order valence-corrected chi connectivity index (χ3v) is 12.1. The Bertz CT molecular complexity index is 1540. The summed E-state index contributed by atoms with van der Waals surface area (Å²) in [6, 6.07) is 0. The highest BCUT2D eigenvalue weighted by Gasteiger charge is 2.16. The van der Waals surface area contributed by atoms with Crippen molar-refractivity contribution in [2.45, 2.75) is 251 Å². The monoisotopic (exact) mass is 993 g/mol. The summed E-state index contributed by atoms with van der Waals surface area (Å²) >= 11 is 0. The second-order valence-electron chi connectivity index (χ2n) is 19.0. The summed E-state index contributed by atoms with van der Waals surface area (Å²) < 4.78 is 10.7. The summed E-state index contributed by atoms with van der Waals surface area (Å²) in [5.74, 6) is -0.612. The molecule has 0 aliphatic rings. The molecule has 0 aliphatic carbocycles. The van der Waals surface area contributed by atoms with Crippen molar-refractivity contribution in [2.75, 3.05) is 13.2 Å². The Morgan fingerprint density at radius 1 is 0.319 bits per heavy atom. The molecule has 0 rings (SSSR count). The molecule has 0 aromatic rings. The predicted molar refractivity (Wildman–Crippen MR) is 315 cm³/mol. The molecule has 0 aliphatic heterocycles. The fourth-order valence-electron chi connectivity index (χ4n) is 7.80. The molecule has 0 aromatic heterocycles. The van der Waals surface area contributed by atoms with Gasteiger partial charge in [0.25, 0.3) is 0 Å². The van der Waals surface area contributed by atoms with Crippen molar-refractivity contribution < 1.29 is 24.2 Å². The summed E-state index contributed by atoms with van der Waals surface area (Å²) in [6.07, 6.45) is 92.5. The van der Waals surface area contributed by atoms with Crippen molar-refractivity contribution in [2.24, 2.45) is 0 Å². The Morgan fingerprint density at radius 3 is 0.833 bits per heavy atom. The minimum Gasteiger partial charge on any atom is -0.462 e. The van der Waals surface area contributed by atoms with Gasteiger partial charge in [0.1, 0.15) is 6.61 Å². The first kappa shape index (κ1) is 67.8. The smallest absolute Gasteiger partial charge is 0.306 e. The molecule has 1 N–H and O–H groups in total. The summed E-state index contributed by atoms with van der Waals surface area (Å²) in [6.45, 7) is 3.90. The number of unbranched alkanes of at least 4 members (excludes halogenated alkanes) is 20. The van der Waals surface area contributed by atoms with E-state index in [1.54, 1.807) is 0 Å². The van der Waals surface area contributed by atoms with Gasteiger partial charge in [-0.3, -0.25) is 9.59 Å². The van der Waals surface area contributed by atoms with Crippen LogP contribution in [0.1, 0.15) is 245 Å². The molecule has 5 heteroatoms. The minimum atomic E-state index is -0.788. The van der Waals surface area contributed by atoms with Gasteiger partial charge in [0.2, 0.25) is 0 Å². The molecule has 0 amide bonds. The topological polar surface area (TPSA) is 72.8 Å². The van der Waals surface area contributed by atoms with Gasteiger partial charge in [0.05, 0.1) is 6.61 Å². The Labute approximate surface area is 444 Å². The summed E-state index contributed by atoms with van der Waals surface area (Å²) in [5.41, 5.74) is 0. The van der Waals surface area contributed by atoms with E-state index in [0.717, 1.165) is 122 Å². The molecule has 72 heavy (non-hydrogen) atoms. The molecule has 0 spiro atoms. The van der Waals surface area contributed by atoms with E-state index in [2.05, 4.69) is 160 Å². The molecule has 0 radical (unpaired) electrons. The average Bonchev–Trinajstić information content (AvgIpc) is 3.38. The molecule has 0 saturated carbocycles. The van der Waals surface area contributed by atoms with E-state index in [0.29, 0.717) is 12.8 Å². The van der Waals surface area contributed by atoms with Gasteiger partial charge in [0.15, 0.2) is 6.10 Å². The van der Waals surface area contributed by atoms with Crippen LogP contribution in [-0.2, 0) is 19.1 Å². The minimum absolute atomic E-state index is 0.0804. The van der Waals surface area contributed by atoms with Crippen LogP contribution in [0.15, 0.2) is 146 Å². The van der Waals surface area contributed by atoms with E-state index >= 15 is 0 Å². The second kappa shape index (κ2) is 61.1. The first-order valence-electron chi connectivity index (χ1n) is 29.4. The molecule has 5 nitrogen and oxygen atoms in total. The number of hydrogen-bond donors (Lipinski definition) is 1. The van der Waals surface area contributed by atoms with E-state index in [9.17, 15) is 14.7 Å². The molecule has 0 aromatic carbocycles. The third kappa shape index (κ3) is 58.4. The van der Waals surface area contributed by atoms with Crippen LogP contribution in [0.25, 0.3) is 0 Å². The molecule has 0 fully saturated rings. The fraction of sp³-hybridized carbons (Fsp3) is 0.612. The fourth-order valence-corrected chi connectivity index (χ4v) is 7.80. The molecular formula is C67H108O5. The lowest BCUT2D eigenvalue weighted by Crippen LogP contribution is -2.28. The summed E-state index contributed by atoms with van der Waals surface area (Å²) in [7, 11) is 0. The molecule has 0 saturated heterocycles. The van der Waals surface area contributed by atoms with E-state index in [1.807, 2.05) is 0 Å². The zero-order chi connectivity index (χ0) is 52.0. The van der Waals surface area contributed by atoms with Gasteiger partial charge in [-0.1, -0.05) is 262 Å². The van der Waals surface area contributed by atoms with Crippen LogP contribution >= 0.6 is 0 Å². The number of hydrogen-bond acceptors (Lipinski definition) is 5. The Morgan fingerprint density at radius 2 is 0.556 bits per heavy atom. The highest BCUT2D eigenvalue weighted by Crippen LogP contribution is 2.15. The maximum atomic E-state index is 12.3. The van der Waals surface area contributed by atoms with Gasteiger partial charge >= 0.3 is 11.9 Å². The van der Waals surface area contributed by atoms with Gasteiger partial charge in [-0.2, -0.15) is 0 Å². The lowest BCUT2D eigenvalue weighted by atomic mass is 10.0. The number of aliphatic hydroxyl groups excluding tert-OH is 1. The molecule has 1 unspecified atom stereocenters. The largest absolute Gasteiger partial charge is 0.462 e. The highest BCUT2D eigenvalue weighted by atomic mass is 16.6. The zero-order valence-corrected chi connectivity index (χ0v) is 46.4. The van der Waals surface area contributed by atoms with Crippen LogP contribution in [0.5, 0.6) is 0 Å². The van der Waals surface area contributed by atoms with Crippen molar-refractivity contribution in [3.63, 3.8) is 0 Å². The number of aliphatic hydroxyl groups is 1. The SMILES string of the molecule is CC/C=C\C/C=C\C/C=C\C/C=C\C/C=C\C/C=C\C/C=C\C/C=C\CCCCCCCCCCCCCCCCC(=O)OC(CO)COC(=O)CCCCCCCC/C=C\C/C=C\C/C=C\C/C=C\CC. The quantitative estimate of drug-likeness (QED) is 0.0373. The number of allylic oxidation sites excluding steroid dienone is 24. The number of esters is 2. The second-order valence-corrected chi connectivity index (χ2v) is 19.0. The van der Waals surface area contributed by atoms with E-state index in [1.165, 1.54) is 96.3 Å². The van der Waals surface area contributed by atoms with Crippen LogP contribution in [0, 0.1) is 0 Å². The number of rotatable bonds is 52. The van der Waals surface area contributed by atoms with Gasteiger partial charge in [-0.05, 0) is 116 Å². The molecule has 0 heterocycles. The van der Waals surface area contributed by atoms with Crippen LogP contribution in [-0.4, -0.2) is 36.4 Å². The zero-order valence-electron chi connectivity index (χ0n) is 46.4. The van der Waals surface area contributed by atoms with E-state index < -0.39 is 6.10 Å². The average molecular weight is 994 g/mol. The highest BCUT2D eigenvalue weighted by molar-refractivity contribution is 5.70. The molecule has 406 valence electrons. The van der Waals surface area contributed by atoms with Crippen LogP contribution in [0.2, 0.25) is 0 Å². The van der Waals surface area contributed by atoms with Gasteiger partial charge in [0, 0.05) is 12.8 Å². The third-order valence-electron chi connectivity index (χ3n) is 12.1. The van der Waals surface area contributed by atoms with Gasteiger partial charge < -0.3 is 14.6 Å². The normalized spacial score (nSPS) is 13.3. The standard InChI is InChI=1S/C67H108O5/c1-3-5-7-9-11-13-15-17-19-21-23-24-25-26-27-28-29-30-31-32-33-34-35-36-37-38-39-40-41-42-44-46-48-50-52-54-56-58-60-62-67(70)72-65(63-68)64-71-66(69)61-59-57-55-53-51-49-47-45-43-22-20-18-16-14-12-10-8-6-4-2/h5-8,11-14,17-20,23-24,26-27,29-30,32-33,35-36,43,45,65,68H,3-4,9-10,15-16,21-22,25,28,31,34,37-42,44,46-64H2,1-2H3/b7-5-,8-6-,13-11-,14-12-,19-17-,20-18-,24-23-,27-26-,30-29-,33-32-,36-35-,45-43-. The predicted octanol–water partition coefficient (Wildman–Crippen LogP) is 20.2. The van der Waals surface area contributed by atoms with Crippen LogP contribution < -0.4 is 0 Å². The van der Waals surface area contributed by atoms with E-state index in [-0.39, 0.29) is 25.2 Å². The Hall–Kier alpha value is -4.22.